The van der Waals surface area contributed by atoms with Crippen LogP contribution in [0, 0.1) is 0 Å². The summed E-state index contributed by atoms with van der Waals surface area (Å²) in [4.78, 5) is 20.9. The number of carbonyl (C=O) groups excluding carboxylic acids is 1. The number of nitrogens with two attached hydrogens (primary N) is 1. The summed E-state index contributed by atoms with van der Waals surface area (Å²) in [7, 11) is 0. The molecule has 0 atom stereocenters. The van der Waals surface area contributed by atoms with E-state index in [2.05, 4.69) is 15.4 Å². The first-order valence-corrected chi connectivity index (χ1v) is 8.82. The van der Waals surface area contributed by atoms with Crippen molar-refractivity contribution < 1.29 is 4.79 Å². The van der Waals surface area contributed by atoms with Gasteiger partial charge in [-0.2, -0.15) is 5.01 Å². The summed E-state index contributed by atoms with van der Waals surface area (Å²) in [5, 5.41) is 2.58. The molecule has 4 aromatic rings. The topological polar surface area (TPSA) is 84.1 Å². The van der Waals surface area contributed by atoms with E-state index in [0.717, 1.165) is 26.1 Å². The quantitative estimate of drug-likeness (QED) is 0.545. The number of thiazole rings is 2. The van der Waals surface area contributed by atoms with Crippen LogP contribution in [-0.4, -0.2) is 15.9 Å². The molecule has 0 bridgehead atoms. The fourth-order valence-electron chi connectivity index (χ4n) is 2.35. The van der Waals surface area contributed by atoms with Crippen LogP contribution in [-0.2, 0) is 4.79 Å². The van der Waals surface area contributed by atoms with Crippen LogP contribution >= 0.6 is 22.7 Å². The molecule has 0 unspecified atom stereocenters. The van der Waals surface area contributed by atoms with Gasteiger partial charge in [0, 0.05) is 6.92 Å². The van der Waals surface area contributed by atoms with Crippen LogP contribution in [0.3, 0.4) is 0 Å². The normalized spacial score (nSPS) is 11.0. The second-order valence-corrected chi connectivity index (χ2v) is 7.24. The maximum Gasteiger partial charge on any atom is 0.244 e. The predicted molar refractivity (Wildman–Crippen MR) is 100 cm³/mol. The maximum absolute atomic E-state index is 12.1. The molecule has 4 rings (SSSR count). The Morgan fingerprint density at radius 3 is 2.54 bits per heavy atom. The average Bonchev–Trinajstić information content (AvgIpc) is 3.11. The number of nitrogen functional groups attached to an aromatic ring is 1. The largest absolute Gasteiger partial charge is 0.375 e. The van der Waals surface area contributed by atoms with E-state index in [9.17, 15) is 4.79 Å². The van der Waals surface area contributed by atoms with Crippen LogP contribution in [0.5, 0.6) is 0 Å². The number of nitrogens with one attached hydrogen (secondary N) is 1. The Balaban J connectivity index is 1.76. The number of carbonyl (C=O) groups is 1. The number of fused-ring (bicyclic) bond motifs is 2. The fraction of sp³-hybridized carbons (Fsp3) is 0.0625. The zero-order chi connectivity index (χ0) is 16.7. The molecule has 0 aliphatic heterocycles. The van der Waals surface area contributed by atoms with Crippen molar-refractivity contribution in [3.63, 3.8) is 0 Å². The lowest BCUT2D eigenvalue weighted by Crippen LogP contribution is -2.34. The fourth-order valence-corrected chi connectivity index (χ4v) is 4.18. The number of nitrogens with zero attached hydrogens (tertiary/aromatic N) is 3. The summed E-state index contributed by atoms with van der Waals surface area (Å²) < 4.78 is 2.00. The minimum atomic E-state index is -0.137. The van der Waals surface area contributed by atoms with Crippen molar-refractivity contribution in [2.45, 2.75) is 6.92 Å². The van der Waals surface area contributed by atoms with Crippen molar-refractivity contribution in [3.8, 4) is 0 Å². The molecule has 2 heterocycles. The van der Waals surface area contributed by atoms with E-state index in [1.807, 2.05) is 42.5 Å². The summed E-state index contributed by atoms with van der Waals surface area (Å²) in [6, 6.07) is 13.4. The van der Waals surface area contributed by atoms with E-state index in [1.54, 1.807) is 0 Å². The lowest BCUT2D eigenvalue weighted by atomic mass is 10.3. The lowest BCUT2D eigenvalue weighted by molar-refractivity contribution is -0.116. The van der Waals surface area contributed by atoms with Gasteiger partial charge in [0.2, 0.25) is 11.0 Å². The highest BCUT2D eigenvalue weighted by molar-refractivity contribution is 7.24. The number of para-hydroxylation sites is 1. The first-order valence-electron chi connectivity index (χ1n) is 7.19. The van der Waals surface area contributed by atoms with E-state index in [4.69, 9.17) is 5.73 Å². The van der Waals surface area contributed by atoms with E-state index in [0.29, 0.717) is 10.3 Å². The van der Waals surface area contributed by atoms with Gasteiger partial charge in [0.1, 0.15) is 0 Å². The van der Waals surface area contributed by atoms with Crippen LogP contribution in [0.4, 0.5) is 16.0 Å². The average molecular weight is 355 g/mol. The van der Waals surface area contributed by atoms with Gasteiger partial charge >= 0.3 is 0 Å². The van der Waals surface area contributed by atoms with Crippen LogP contribution in [0.25, 0.3) is 20.4 Å². The molecule has 3 N–H and O–H groups in total. The van der Waals surface area contributed by atoms with Gasteiger partial charge < -0.3 is 5.73 Å². The van der Waals surface area contributed by atoms with Gasteiger partial charge in [-0.25, -0.2) is 9.97 Å². The van der Waals surface area contributed by atoms with Gasteiger partial charge in [0.25, 0.3) is 0 Å². The van der Waals surface area contributed by atoms with Crippen molar-refractivity contribution in [2.75, 3.05) is 16.2 Å². The molecule has 0 saturated heterocycles. The molecule has 0 spiro atoms. The summed E-state index contributed by atoms with van der Waals surface area (Å²) in [5.74, 6) is -0.137. The number of rotatable bonds is 3. The van der Waals surface area contributed by atoms with Crippen molar-refractivity contribution in [1.82, 2.24) is 9.97 Å². The molecule has 0 saturated carbocycles. The highest BCUT2D eigenvalue weighted by Gasteiger charge is 2.17. The number of anilines is 3. The van der Waals surface area contributed by atoms with E-state index in [1.165, 1.54) is 34.6 Å². The van der Waals surface area contributed by atoms with E-state index in [-0.39, 0.29) is 5.91 Å². The van der Waals surface area contributed by atoms with Crippen molar-refractivity contribution in [2.24, 2.45) is 0 Å². The second kappa shape index (κ2) is 5.73. The molecule has 0 aliphatic rings. The Labute approximate surface area is 145 Å². The number of amides is 1. The van der Waals surface area contributed by atoms with Gasteiger partial charge in [-0.05, 0) is 24.3 Å². The molecule has 1 amide bonds. The van der Waals surface area contributed by atoms with Crippen molar-refractivity contribution in [3.05, 3.63) is 42.5 Å². The van der Waals surface area contributed by atoms with Crippen molar-refractivity contribution >= 4 is 65.0 Å². The molecule has 2 aromatic carbocycles. The van der Waals surface area contributed by atoms with E-state index >= 15 is 0 Å². The van der Waals surface area contributed by atoms with Crippen LogP contribution in [0.15, 0.2) is 42.5 Å². The SMILES string of the molecule is CC(=O)N(Nc1ccccc1)c1nc2cc3nc(N)sc3cc2s1. The number of hydrogen-bond donors (Lipinski definition) is 2. The summed E-state index contributed by atoms with van der Waals surface area (Å²) in [5.41, 5.74) is 11.3. The molecule has 8 heteroatoms. The number of benzene rings is 2. The number of hydrogen-bond acceptors (Lipinski definition) is 7. The van der Waals surface area contributed by atoms with Gasteiger partial charge in [0.05, 0.1) is 26.1 Å². The standard InChI is InChI=1S/C16H13N5OS2/c1-9(22)21(20-10-5-3-2-4-6-10)16-19-12-7-11-13(8-14(12)24-16)23-15(17)18-11/h2-8,20H,1H3,(H2,17,18). The third-order valence-corrected chi connectivity index (χ3v) is 5.27. The first kappa shape index (κ1) is 14.9. The third kappa shape index (κ3) is 2.66. The lowest BCUT2D eigenvalue weighted by Gasteiger charge is -2.19. The molecule has 0 radical (unpaired) electrons. The second-order valence-electron chi connectivity index (χ2n) is 5.17. The van der Waals surface area contributed by atoms with Crippen LogP contribution in [0.2, 0.25) is 0 Å². The zero-order valence-electron chi connectivity index (χ0n) is 12.7. The molecule has 24 heavy (non-hydrogen) atoms. The molecule has 0 fully saturated rings. The van der Waals surface area contributed by atoms with E-state index < -0.39 is 0 Å². The first-order chi connectivity index (χ1) is 11.6. The van der Waals surface area contributed by atoms with Crippen LogP contribution in [0.1, 0.15) is 6.92 Å². The Hall–Kier alpha value is -2.71. The smallest absolute Gasteiger partial charge is 0.244 e. The predicted octanol–water partition coefficient (Wildman–Crippen LogP) is 3.87. The van der Waals surface area contributed by atoms with Crippen molar-refractivity contribution in [1.29, 1.82) is 0 Å². The Morgan fingerprint density at radius 1 is 1.08 bits per heavy atom. The molecule has 120 valence electrons. The molecule has 2 aromatic heterocycles. The minimum absolute atomic E-state index is 0.137. The highest BCUT2D eigenvalue weighted by Crippen LogP contribution is 2.34. The summed E-state index contributed by atoms with van der Waals surface area (Å²) in [6.07, 6.45) is 0. The molecule has 0 aliphatic carbocycles. The summed E-state index contributed by atoms with van der Waals surface area (Å²) >= 11 is 2.89. The van der Waals surface area contributed by atoms with Gasteiger partial charge in [0.15, 0.2) is 5.13 Å². The third-order valence-electron chi connectivity index (χ3n) is 3.42. The number of aromatic nitrogens is 2. The van der Waals surface area contributed by atoms with Gasteiger partial charge in [-0.1, -0.05) is 40.9 Å². The Bertz CT molecular complexity index is 990. The molecule has 6 nitrogen and oxygen atoms in total. The zero-order valence-corrected chi connectivity index (χ0v) is 14.3. The highest BCUT2D eigenvalue weighted by atomic mass is 32.1. The van der Waals surface area contributed by atoms with Gasteiger partial charge in [-0.3, -0.25) is 10.2 Å². The Morgan fingerprint density at radius 2 is 1.79 bits per heavy atom. The monoisotopic (exact) mass is 355 g/mol. The van der Waals surface area contributed by atoms with Gasteiger partial charge in [-0.15, -0.1) is 0 Å². The van der Waals surface area contributed by atoms with Crippen LogP contribution < -0.4 is 16.2 Å². The number of hydrazine groups is 1. The maximum atomic E-state index is 12.1. The summed E-state index contributed by atoms with van der Waals surface area (Å²) in [6.45, 7) is 1.50. The minimum Gasteiger partial charge on any atom is -0.375 e. The Kier molecular flexibility index (Phi) is 3.55. The molecular weight excluding hydrogens is 342 g/mol. The molecular formula is C16H13N5OS2.